The molecule has 1 aliphatic heterocycles. The number of amides is 1. The van der Waals surface area contributed by atoms with Crippen molar-refractivity contribution in [2.24, 2.45) is 5.92 Å². The lowest BCUT2D eigenvalue weighted by Crippen LogP contribution is -2.49. The molecule has 1 saturated heterocycles. The molecule has 3 rings (SSSR count). The minimum absolute atomic E-state index is 0.0119. The summed E-state index contributed by atoms with van der Waals surface area (Å²) in [5.41, 5.74) is 0.532. The maximum Gasteiger partial charge on any atom is 0.269 e. The van der Waals surface area contributed by atoms with E-state index in [-0.39, 0.29) is 11.6 Å². The summed E-state index contributed by atoms with van der Waals surface area (Å²) in [6.07, 6.45) is 8.16. The van der Waals surface area contributed by atoms with E-state index in [1.54, 1.807) is 12.1 Å². The molecule has 0 unspecified atom stereocenters. The quantitative estimate of drug-likeness (QED) is 0.484. The lowest BCUT2D eigenvalue weighted by Gasteiger charge is -2.36. The van der Waals surface area contributed by atoms with Gasteiger partial charge in [0.1, 0.15) is 0 Å². The number of rotatable bonds is 4. The molecule has 0 saturated carbocycles. The number of non-ortho nitro benzene ring substituents is 1. The molecule has 6 heteroatoms. The molecule has 0 spiro atoms. The van der Waals surface area contributed by atoms with E-state index < -0.39 is 4.92 Å². The monoisotopic (exact) mass is 329 g/mol. The van der Waals surface area contributed by atoms with Gasteiger partial charge in [-0.1, -0.05) is 12.2 Å². The normalized spacial score (nSPS) is 21.7. The van der Waals surface area contributed by atoms with Crippen molar-refractivity contribution in [2.75, 3.05) is 32.7 Å². The fourth-order valence-corrected chi connectivity index (χ4v) is 3.43. The number of nitrogens with zero attached hydrogens (tertiary/aromatic N) is 3. The first-order valence-electron chi connectivity index (χ1n) is 8.54. The van der Waals surface area contributed by atoms with Crippen LogP contribution in [0.25, 0.3) is 0 Å². The van der Waals surface area contributed by atoms with E-state index in [1.807, 2.05) is 4.90 Å². The van der Waals surface area contributed by atoms with Crippen LogP contribution in [0.4, 0.5) is 5.69 Å². The fourth-order valence-electron chi connectivity index (χ4n) is 3.43. The van der Waals surface area contributed by atoms with E-state index in [9.17, 15) is 14.9 Å². The zero-order valence-corrected chi connectivity index (χ0v) is 13.8. The van der Waals surface area contributed by atoms with E-state index in [4.69, 9.17) is 0 Å². The first-order chi connectivity index (χ1) is 11.6. The zero-order chi connectivity index (χ0) is 16.9. The third-order valence-electron chi connectivity index (χ3n) is 4.88. The van der Waals surface area contributed by atoms with E-state index in [1.165, 1.54) is 31.4 Å². The molecule has 0 N–H and O–H groups in total. The molecule has 1 aromatic carbocycles. The van der Waals surface area contributed by atoms with E-state index in [2.05, 4.69) is 17.1 Å². The number of nitro groups is 1. The van der Waals surface area contributed by atoms with Gasteiger partial charge in [0.25, 0.3) is 11.6 Å². The molecule has 1 aliphatic carbocycles. The van der Waals surface area contributed by atoms with Crippen LogP contribution in [-0.4, -0.2) is 53.4 Å². The van der Waals surface area contributed by atoms with Gasteiger partial charge in [0.2, 0.25) is 0 Å². The molecular weight excluding hydrogens is 306 g/mol. The van der Waals surface area contributed by atoms with Gasteiger partial charge >= 0.3 is 0 Å². The van der Waals surface area contributed by atoms with Crippen LogP contribution >= 0.6 is 0 Å². The van der Waals surface area contributed by atoms with Gasteiger partial charge in [0.15, 0.2) is 0 Å². The van der Waals surface area contributed by atoms with Gasteiger partial charge in [0, 0.05) is 50.4 Å². The molecule has 1 aromatic rings. The Morgan fingerprint density at radius 3 is 2.42 bits per heavy atom. The fraction of sp³-hybridized carbons (Fsp3) is 0.500. The smallest absolute Gasteiger partial charge is 0.269 e. The summed E-state index contributed by atoms with van der Waals surface area (Å²) in [4.78, 5) is 27.0. The van der Waals surface area contributed by atoms with Crippen LogP contribution < -0.4 is 0 Å². The number of carbonyl (C=O) groups excluding carboxylic acids is 1. The number of hydrogen-bond acceptors (Lipinski definition) is 4. The maximum atomic E-state index is 12.5. The molecule has 1 heterocycles. The highest BCUT2D eigenvalue weighted by Gasteiger charge is 2.24. The average molecular weight is 329 g/mol. The van der Waals surface area contributed by atoms with Crippen LogP contribution in [0, 0.1) is 16.0 Å². The molecule has 1 fully saturated rings. The lowest BCUT2D eigenvalue weighted by molar-refractivity contribution is -0.384. The van der Waals surface area contributed by atoms with Gasteiger partial charge in [-0.05, 0) is 37.3 Å². The lowest BCUT2D eigenvalue weighted by atomic mass is 9.94. The molecule has 0 radical (unpaired) electrons. The predicted octanol–water partition coefficient (Wildman–Crippen LogP) is 2.71. The standard InChI is InChI=1S/C18H23N3O3/c22-18(16-6-8-17(9-7-16)21(23)24)20-12-10-19(11-13-20)14-15-4-2-1-3-5-15/h1-2,6-9,15H,3-5,10-14H2/t15-/m0/s1. The van der Waals surface area contributed by atoms with Crippen LogP contribution in [0.15, 0.2) is 36.4 Å². The first-order valence-corrected chi connectivity index (χ1v) is 8.54. The SMILES string of the molecule is O=C(c1ccc([N+](=O)[O-])cc1)N1CCN(C[C@H]2CC=CCC2)CC1. The van der Waals surface area contributed by atoms with Crippen molar-refractivity contribution in [2.45, 2.75) is 19.3 Å². The first kappa shape index (κ1) is 16.6. The maximum absolute atomic E-state index is 12.5. The molecular formula is C18H23N3O3. The number of allylic oxidation sites excluding steroid dienone is 2. The van der Waals surface area contributed by atoms with Crippen molar-refractivity contribution in [3.8, 4) is 0 Å². The van der Waals surface area contributed by atoms with E-state index in [0.29, 0.717) is 5.56 Å². The summed E-state index contributed by atoms with van der Waals surface area (Å²) in [5.74, 6) is 0.706. The Kier molecular flexibility index (Phi) is 5.25. The second-order valence-electron chi connectivity index (χ2n) is 6.55. The van der Waals surface area contributed by atoms with Gasteiger partial charge < -0.3 is 4.90 Å². The van der Waals surface area contributed by atoms with Crippen molar-refractivity contribution in [3.63, 3.8) is 0 Å². The molecule has 2 aliphatic rings. The predicted molar refractivity (Wildman–Crippen MR) is 91.9 cm³/mol. The summed E-state index contributed by atoms with van der Waals surface area (Å²) < 4.78 is 0. The van der Waals surface area contributed by atoms with Crippen molar-refractivity contribution in [3.05, 3.63) is 52.1 Å². The Hall–Kier alpha value is -2.21. The van der Waals surface area contributed by atoms with Crippen LogP contribution in [0.1, 0.15) is 29.6 Å². The minimum Gasteiger partial charge on any atom is -0.336 e. The molecule has 1 amide bonds. The number of nitro benzene ring substituents is 1. The summed E-state index contributed by atoms with van der Waals surface area (Å²) in [7, 11) is 0. The van der Waals surface area contributed by atoms with Crippen molar-refractivity contribution < 1.29 is 9.72 Å². The number of benzene rings is 1. The topological polar surface area (TPSA) is 66.7 Å². The van der Waals surface area contributed by atoms with Crippen LogP contribution in [0.5, 0.6) is 0 Å². The number of hydrogen-bond donors (Lipinski definition) is 0. The van der Waals surface area contributed by atoms with E-state index >= 15 is 0 Å². The summed E-state index contributed by atoms with van der Waals surface area (Å²) in [6, 6.07) is 5.86. The van der Waals surface area contributed by atoms with E-state index in [0.717, 1.165) is 38.6 Å². The summed E-state index contributed by atoms with van der Waals surface area (Å²) >= 11 is 0. The largest absolute Gasteiger partial charge is 0.336 e. The Bertz CT molecular complexity index is 619. The molecule has 0 aromatic heterocycles. The second kappa shape index (κ2) is 7.57. The van der Waals surface area contributed by atoms with Crippen molar-refractivity contribution in [1.82, 2.24) is 9.80 Å². The van der Waals surface area contributed by atoms with Crippen LogP contribution in [-0.2, 0) is 0 Å². The van der Waals surface area contributed by atoms with Crippen LogP contribution in [0.3, 0.4) is 0 Å². The molecule has 128 valence electrons. The third-order valence-corrected chi connectivity index (χ3v) is 4.88. The van der Waals surface area contributed by atoms with Gasteiger partial charge in [0.05, 0.1) is 4.92 Å². The Labute approximate surface area is 141 Å². The van der Waals surface area contributed by atoms with Gasteiger partial charge in [-0.25, -0.2) is 0 Å². The van der Waals surface area contributed by atoms with Crippen molar-refractivity contribution >= 4 is 11.6 Å². The summed E-state index contributed by atoms with van der Waals surface area (Å²) in [6.45, 7) is 4.36. The highest BCUT2D eigenvalue weighted by atomic mass is 16.6. The average Bonchev–Trinajstić information content (AvgIpc) is 2.63. The zero-order valence-electron chi connectivity index (χ0n) is 13.8. The molecule has 6 nitrogen and oxygen atoms in total. The highest BCUT2D eigenvalue weighted by Crippen LogP contribution is 2.20. The Balaban J connectivity index is 1.51. The minimum atomic E-state index is -0.451. The number of piperazine rings is 1. The highest BCUT2D eigenvalue weighted by molar-refractivity contribution is 5.94. The molecule has 0 bridgehead atoms. The summed E-state index contributed by atoms with van der Waals surface area (Å²) in [5, 5.41) is 10.7. The van der Waals surface area contributed by atoms with Gasteiger partial charge in [-0.2, -0.15) is 0 Å². The van der Waals surface area contributed by atoms with Gasteiger partial charge in [-0.3, -0.25) is 19.8 Å². The third kappa shape index (κ3) is 4.00. The Morgan fingerprint density at radius 1 is 1.12 bits per heavy atom. The molecule has 24 heavy (non-hydrogen) atoms. The Morgan fingerprint density at radius 2 is 1.83 bits per heavy atom. The molecule has 1 atom stereocenters. The van der Waals surface area contributed by atoms with Crippen molar-refractivity contribution in [1.29, 1.82) is 0 Å². The van der Waals surface area contributed by atoms with Gasteiger partial charge in [-0.15, -0.1) is 0 Å². The second-order valence-corrected chi connectivity index (χ2v) is 6.55. The van der Waals surface area contributed by atoms with Crippen LogP contribution in [0.2, 0.25) is 0 Å². The number of carbonyl (C=O) groups is 1.